The highest BCUT2D eigenvalue weighted by Crippen LogP contribution is 2.19. The molecule has 0 aromatic heterocycles. The molecule has 0 radical (unpaired) electrons. The van der Waals surface area contributed by atoms with Gasteiger partial charge in [-0.2, -0.15) is 0 Å². The molecule has 1 rings (SSSR count). The van der Waals surface area contributed by atoms with Crippen molar-refractivity contribution >= 4 is 11.6 Å². The van der Waals surface area contributed by atoms with Crippen molar-refractivity contribution in [2.75, 3.05) is 19.0 Å². The van der Waals surface area contributed by atoms with Gasteiger partial charge in [-0.15, -0.1) is 11.6 Å². The normalized spacial score (nSPS) is 25.5. The number of rotatable bonds is 4. The van der Waals surface area contributed by atoms with Crippen LogP contribution in [0.5, 0.6) is 0 Å². The number of alkyl halides is 1. The molecule has 1 heterocycles. The molecular weight excluding hydrogens is 182 g/mol. The van der Waals surface area contributed by atoms with Crippen LogP contribution in [-0.2, 0) is 0 Å². The first-order valence-corrected chi connectivity index (χ1v) is 5.83. The number of halogens is 1. The fraction of sp³-hybridized carbons (Fsp3) is 0.818. The minimum absolute atomic E-state index is 0.738. The molecular formula is C11H20ClN. The maximum atomic E-state index is 5.79. The van der Waals surface area contributed by atoms with E-state index in [1.165, 1.54) is 25.8 Å². The average Bonchev–Trinajstić information content (AvgIpc) is 2.17. The van der Waals surface area contributed by atoms with E-state index in [-0.39, 0.29) is 0 Å². The standard InChI is InChI=1S/C11H20ClN/c1-2-3-9-13-10-5-4-6-11(13)7-8-12/h2-3,11H,4-10H2,1H3/b3-2+. The first-order valence-electron chi connectivity index (χ1n) is 5.29. The summed E-state index contributed by atoms with van der Waals surface area (Å²) in [5.41, 5.74) is 0. The Hall–Kier alpha value is -0.0100. The highest BCUT2D eigenvalue weighted by Gasteiger charge is 2.20. The van der Waals surface area contributed by atoms with Gasteiger partial charge in [-0.25, -0.2) is 0 Å². The second-order valence-electron chi connectivity index (χ2n) is 3.69. The predicted molar refractivity (Wildman–Crippen MR) is 59.4 cm³/mol. The largest absolute Gasteiger partial charge is 0.297 e. The van der Waals surface area contributed by atoms with Gasteiger partial charge in [0, 0.05) is 18.5 Å². The van der Waals surface area contributed by atoms with Crippen LogP contribution >= 0.6 is 11.6 Å². The minimum Gasteiger partial charge on any atom is -0.297 e. The molecule has 1 unspecified atom stereocenters. The Morgan fingerprint density at radius 3 is 3.00 bits per heavy atom. The van der Waals surface area contributed by atoms with Gasteiger partial charge in [0.1, 0.15) is 0 Å². The molecule has 0 aromatic carbocycles. The predicted octanol–water partition coefficient (Wildman–Crippen LogP) is 3.05. The summed E-state index contributed by atoms with van der Waals surface area (Å²) in [4.78, 5) is 2.56. The Kier molecular flexibility index (Phi) is 5.49. The van der Waals surface area contributed by atoms with Crippen LogP contribution in [0.25, 0.3) is 0 Å². The van der Waals surface area contributed by atoms with Gasteiger partial charge in [0.15, 0.2) is 0 Å². The minimum atomic E-state index is 0.738. The lowest BCUT2D eigenvalue weighted by atomic mass is 10.00. The number of hydrogen-bond acceptors (Lipinski definition) is 1. The molecule has 0 aromatic rings. The average molecular weight is 202 g/mol. The summed E-state index contributed by atoms with van der Waals surface area (Å²) in [5, 5.41) is 0. The first-order chi connectivity index (χ1) is 6.38. The summed E-state index contributed by atoms with van der Waals surface area (Å²) in [7, 11) is 0. The Labute approximate surface area is 86.8 Å². The quantitative estimate of drug-likeness (QED) is 0.499. The molecule has 13 heavy (non-hydrogen) atoms. The molecule has 0 amide bonds. The third-order valence-corrected chi connectivity index (χ3v) is 2.99. The summed E-state index contributed by atoms with van der Waals surface area (Å²) in [5.74, 6) is 0.803. The van der Waals surface area contributed by atoms with Crippen molar-refractivity contribution in [2.45, 2.75) is 38.6 Å². The lowest BCUT2D eigenvalue weighted by Gasteiger charge is -2.34. The lowest BCUT2D eigenvalue weighted by molar-refractivity contribution is 0.161. The van der Waals surface area contributed by atoms with Crippen LogP contribution in [-0.4, -0.2) is 29.9 Å². The van der Waals surface area contributed by atoms with E-state index in [0.717, 1.165) is 24.9 Å². The van der Waals surface area contributed by atoms with Crippen LogP contribution in [0.3, 0.4) is 0 Å². The zero-order valence-corrected chi connectivity index (χ0v) is 9.26. The van der Waals surface area contributed by atoms with E-state index in [9.17, 15) is 0 Å². The van der Waals surface area contributed by atoms with Gasteiger partial charge < -0.3 is 0 Å². The lowest BCUT2D eigenvalue weighted by Crippen LogP contribution is -2.39. The van der Waals surface area contributed by atoms with Crippen molar-refractivity contribution in [1.82, 2.24) is 4.90 Å². The molecule has 1 fully saturated rings. The molecule has 0 N–H and O–H groups in total. The van der Waals surface area contributed by atoms with Crippen molar-refractivity contribution in [2.24, 2.45) is 0 Å². The van der Waals surface area contributed by atoms with Crippen LogP contribution in [0.4, 0.5) is 0 Å². The van der Waals surface area contributed by atoms with E-state index in [1.807, 2.05) is 0 Å². The summed E-state index contributed by atoms with van der Waals surface area (Å²) in [6, 6.07) is 0.738. The van der Waals surface area contributed by atoms with Crippen molar-refractivity contribution < 1.29 is 0 Å². The van der Waals surface area contributed by atoms with Crippen molar-refractivity contribution in [3.63, 3.8) is 0 Å². The van der Waals surface area contributed by atoms with Gasteiger partial charge >= 0.3 is 0 Å². The maximum Gasteiger partial charge on any atom is 0.0238 e. The molecule has 2 heteroatoms. The van der Waals surface area contributed by atoms with E-state index >= 15 is 0 Å². The third-order valence-electron chi connectivity index (χ3n) is 2.77. The van der Waals surface area contributed by atoms with E-state index in [4.69, 9.17) is 11.6 Å². The van der Waals surface area contributed by atoms with Gasteiger partial charge in [-0.1, -0.05) is 18.6 Å². The molecule has 1 saturated heterocycles. The zero-order chi connectivity index (χ0) is 9.52. The number of hydrogen-bond donors (Lipinski definition) is 0. The van der Waals surface area contributed by atoms with Crippen molar-refractivity contribution in [3.8, 4) is 0 Å². The Morgan fingerprint density at radius 1 is 1.46 bits per heavy atom. The summed E-state index contributed by atoms with van der Waals surface area (Å²) in [6.07, 6.45) is 9.60. The SMILES string of the molecule is C/C=C/CN1CCCCC1CCCl. The van der Waals surface area contributed by atoms with E-state index in [1.54, 1.807) is 0 Å². The van der Waals surface area contributed by atoms with Crippen LogP contribution in [0.1, 0.15) is 32.6 Å². The van der Waals surface area contributed by atoms with Gasteiger partial charge in [0.25, 0.3) is 0 Å². The molecule has 1 aliphatic rings. The monoisotopic (exact) mass is 201 g/mol. The van der Waals surface area contributed by atoms with Gasteiger partial charge in [0.2, 0.25) is 0 Å². The number of piperidine rings is 1. The van der Waals surface area contributed by atoms with Crippen LogP contribution in [0.15, 0.2) is 12.2 Å². The number of nitrogens with zero attached hydrogens (tertiary/aromatic N) is 1. The highest BCUT2D eigenvalue weighted by atomic mass is 35.5. The Morgan fingerprint density at radius 2 is 2.31 bits per heavy atom. The molecule has 1 atom stereocenters. The smallest absolute Gasteiger partial charge is 0.0238 e. The van der Waals surface area contributed by atoms with Gasteiger partial charge in [0.05, 0.1) is 0 Å². The Bertz CT molecular complexity index is 154. The van der Waals surface area contributed by atoms with Gasteiger partial charge in [-0.05, 0) is 32.7 Å². The molecule has 0 saturated carbocycles. The molecule has 76 valence electrons. The maximum absolute atomic E-state index is 5.79. The van der Waals surface area contributed by atoms with E-state index in [2.05, 4.69) is 24.0 Å². The summed E-state index contributed by atoms with van der Waals surface area (Å²) in [6.45, 7) is 4.45. The van der Waals surface area contributed by atoms with Crippen molar-refractivity contribution in [1.29, 1.82) is 0 Å². The fourth-order valence-corrected chi connectivity index (χ4v) is 2.25. The second-order valence-corrected chi connectivity index (χ2v) is 4.07. The van der Waals surface area contributed by atoms with Crippen LogP contribution < -0.4 is 0 Å². The van der Waals surface area contributed by atoms with Crippen LogP contribution in [0, 0.1) is 0 Å². The van der Waals surface area contributed by atoms with E-state index < -0.39 is 0 Å². The third kappa shape index (κ3) is 3.70. The molecule has 1 nitrogen and oxygen atoms in total. The molecule has 0 aliphatic carbocycles. The number of allylic oxidation sites excluding steroid dienone is 1. The second kappa shape index (κ2) is 6.44. The topological polar surface area (TPSA) is 3.24 Å². The number of likely N-dealkylation sites (tertiary alicyclic amines) is 1. The van der Waals surface area contributed by atoms with E-state index in [0.29, 0.717) is 0 Å². The highest BCUT2D eigenvalue weighted by molar-refractivity contribution is 6.17. The Balaban J connectivity index is 2.36. The van der Waals surface area contributed by atoms with Gasteiger partial charge in [-0.3, -0.25) is 4.90 Å². The molecule has 0 spiro atoms. The zero-order valence-electron chi connectivity index (χ0n) is 8.51. The molecule has 0 bridgehead atoms. The van der Waals surface area contributed by atoms with Crippen LogP contribution in [0.2, 0.25) is 0 Å². The van der Waals surface area contributed by atoms with Crippen molar-refractivity contribution in [3.05, 3.63) is 12.2 Å². The molecule has 1 aliphatic heterocycles. The first kappa shape index (κ1) is 11.1. The summed E-state index contributed by atoms with van der Waals surface area (Å²) < 4.78 is 0. The fourth-order valence-electron chi connectivity index (χ4n) is 1.99. The summed E-state index contributed by atoms with van der Waals surface area (Å²) >= 11 is 5.79.